The van der Waals surface area contributed by atoms with E-state index in [1.165, 1.54) is 0 Å². The number of nitrogens with one attached hydrogen (secondary N) is 1. The molecule has 0 unspecified atom stereocenters. The van der Waals surface area contributed by atoms with Gasteiger partial charge in [-0.25, -0.2) is 4.79 Å². The number of imide groups is 1. The number of hydrogen-bond donors (Lipinski definition) is 2. The van der Waals surface area contributed by atoms with E-state index in [9.17, 15) is 9.59 Å². The molecule has 120 valence electrons. The van der Waals surface area contributed by atoms with Crippen molar-refractivity contribution in [3.8, 4) is 11.5 Å². The van der Waals surface area contributed by atoms with Gasteiger partial charge < -0.3 is 19.6 Å². The molecule has 1 aliphatic heterocycles. The van der Waals surface area contributed by atoms with E-state index in [-0.39, 0.29) is 23.5 Å². The largest absolute Gasteiger partial charge is 0.485 e. The SMILES string of the molecule is NC(=O)NC(=O)CSc1nnc([C@@H]2COc3ccccc3O2)o1. The summed E-state index contributed by atoms with van der Waals surface area (Å²) in [5, 5.41) is 9.82. The average molecular weight is 336 g/mol. The summed E-state index contributed by atoms with van der Waals surface area (Å²) in [6, 6.07) is 6.35. The first-order valence-corrected chi connectivity index (χ1v) is 7.54. The number of thioether (sulfide) groups is 1. The van der Waals surface area contributed by atoms with Gasteiger partial charge in [-0.05, 0) is 12.1 Å². The van der Waals surface area contributed by atoms with Crippen molar-refractivity contribution in [1.82, 2.24) is 15.5 Å². The molecule has 0 saturated heterocycles. The van der Waals surface area contributed by atoms with Crippen molar-refractivity contribution in [2.75, 3.05) is 12.4 Å². The summed E-state index contributed by atoms with van der Waals surface area (Å²) in [6.45, 7) is 0.242. The summed E-state index contributed by atoms with van der Waals surface area (Å²) >= 11 is 0.984. The number of para-hydroxylation sites is 2. The quantitative estimate of drug-likeness (QED) is 0.787. The van der Waals surface area contributed by atoms with Crippen LogP contribution in [0.5, 0.6) is 11.5 Å². The minimum Gasteiger partial charge on any atom is -0.485 e. The van der Waals surface area contributed by atoms with Crippen LogP contribution in [0.4, 0.5) is 4.79 Å². The molecule has 0 aliphatic carbocycles. The fraction of sp³-hybridized carbons (Fsp3) is 0.231. The number of urea groups is 1. The Hall–Kier alpha value is -2.75. The molecule has 3 N–H and O–H groups in total. The van der Waals surface area contributed by atoms with Crippen LogP contribution in [0.2, 0.25) is 0 Å². The molecule has 23 heavy (non-hydrogen) atoms. The summed E-state index contributed by atoms with van der Waals surface area (Å²) in [7, 11) is 0. The summed E-state index contributed by atoms with van der Waals surface area (Å²) in [5.41, 5.74) is 4.84. The number of carbonyl (C=O) groups excluding carboxylic acids is 2. The Morgan fingerprint density at radius 3 is 2.87 bits per heavy atom. The summed E-state index contributed by atoms with van der Waals surface area (Å²) < 4.78 is 16.7. The van der Waals surface area contributed by atoms with Crippen molar-refractivity contribution in [2.45, 2.75) is 11.3 Å². The van der Waals surface area contributed by atoms with Crippen molar-refractivity contribution in [2.24, 2.45) is 5.73 Å². The fourth-order valence-corrected chi connectivity index (χ4v) is 2.42. The molecule has 9 nitrogen and oxygen atoms in total. The molecule has 1 atom stereocenters. The first-order valence-electron chi connectivity index (χ1n) is 6.56. The van der Waals surface area contributed by atoms with E-state index in [2.05, 4.69) is 10.2 Å². The monoisotopic (exact) mass is 336 g/mol. The predicted molar refractivity (Wildman–Crippen MR) is 78.1 cm³/mol. The normalized spacial score (nSPS) is 15.9. The lowest BCUT2D eigenvalue weighted by atomic mass is 10.2. The first-order chi connectivity index (χ1) is 11.1. The molecule has 1 aromatic carbocycles. The Bertz CT molecular complexity index is 735. The second-order valence-corrected chi connectivity index (χ2v) is 5.40. The van der Waals surface area contributed by atoms with E-state index in [1.54, 1.807) is 12.1 Å². The fourth-order valence-electron chi connectivity index (χ4n) is 1.85. The molecule has 0 radical (unpaired) electrons. The van der Waals surface area contributed by atoms with E-state index in [0.717, 1.165) is 11.8 Å². The molecule has 2 aromatic rings. The molecule has 1 aliphatic rings. The van der Waals surface area contributed by atoms with Gasteiger partial charge in [0.05, 0.1) is 5.75 Å². The molecular weight excluding hydrogens is 324 g/mol. The van der Waals surface area contributed by atoms with Gasteiger partial charge in [-0.2, -0.15) is 0 Å². The highest BCUT2D eigenvalue weighted by molar-refractivity contribution is 7.99. The lowest BCUT2D eigenvalue weighted by molar-refractivity contribution is -0.117. The van der Waals surface area contributed by atoms with Crippen LogP contribution in [0.15, 0.2) is 33.9 Å². The zero-order chi connectivity index (χ0) is 16.2. The van der Waals surface area contributed by atoms with Gasteiger partial charge in [-0.15, -0.1) is 10.2 Å². The molecule has 10 heteroatoms. The van der Waals surface area contributed by atoms with Crippen LogP contribution in [-0.2, 0) is 4.79 Å². The lowest BCUT2D eigenvalue weighted by Crippen LogP contribution is -2.36. The van der Waals surface area contributed by atoms with Crippen LogP contribution in [0, 0.1) is 0 Å². The van der Waals surface area contributed by atoms with Gasteiger partial charge in [0.1, 0.15) is 6.61 Å². The number of nitrogens with zero attached hydrogens (tertiary/aromatic N) is 2. The maximum Gasteiger partial charge on any atom is 0.318 e. The zero-order valence-corrected chi connectivity index (χ0v) is 12.5. The van der Waals surface area contributed by atoms with Gasteiger partial charge in [0.2, 0.25) is 12.0 Å². The second kappa shape index (κ2) is 6.57. The third-order valence-corrected chi connectivity index (χ3v) is 3.61. The molecular formula is C13H12N4O5S. The van der Waals surface area contributed by atoms with Crippen LogP contribution < -0.4 is 20.5 Å². The van der Waals surface area contributed by atoms with Gasteiger partial charge >= 0.3 is 6.03 Å². The van der Waals surface area contributed by atoms with Crippen LogP contribution in [0.3, 0.4) is 0 Å². The predicted octanol–water partition coefficient (Wildman–Crippen LogP) is 0.869. The minimum atomic E-state index is -0.909. The first kappa shape index (κ1) is 15.2. The van der Waals surface area contributed by atoms with E-state index in [1.807, 2.05) is 17.4 Å². The summed E-state index contributed by atoms with van der Waals surface area (Å²) in [6.07, 6.45) is -0.522. The smallest absolute Gasteiger partial charge is 0.318 e. The van der Waals surface area contributed by atoms with Gasteiger partial charge in [0, 0.05) is 0 Å². The number of primary amides is 1. The third-order valence-electron chi connectivity index (χ3n) is 2.80. The highest BCUT2D eigenvalue weighted by Crippen LogP contribution is 2.35. The second-order valence-electron chi connectivity index (χ2n) is 4.47. The minimum absolute atomic E-state index is 0.0740. The van der Waals surface area contributed by atoms with Gasteiger partial charge in [0.15, 0.2) is 11.5 Å². The Balaban J connectivity index is 1.60. The van der Waals surface area contributed by atoms with Crippen molar-refractivity contribution >= 4 is 23.7 Å². The van der Waals surface area contributed by atoms with Crippen LogP contribution in [-0.4, -0.2) is 34.5 Å². The topological polar surface area (TPSA) is 130 Å². The highest BCUT2D eigenvalue weighted by atomic mass is 32.2. The molecule has 0 bridgehead atoms. The lowest BCUT2D eigenvalue weighted by Gasteiger charge is -2.23. The van der Waals surface area contributed by atoms with Gasteiger partial charge in [-0.1, -0.05) is 23.9 Å². The van der Waals surface area contributed by atoms with E-state index >= 15 is 0 Å². The van der Waals surface area contributed by atoms with Gasteiger partial charge in [0.25, 0.3) is 11.1 Å². The number of hydrogen-bond acceptors (Lipinski definition) is 8. The Morgan fingerprint density at radius 1 is 1.30 bits per heavy atom. The Labute approximate surface area is 134 Å². The van der Waals surface area contributed by atoms with Crippen LogP contribution >= 0.6 is 11.8 Å². The number of fused-ring (bicyclic) bond motifs is 1. The molecule has 3 amide bonds. The zero-order valence-electron chi connectivity index (χ0n) is 11.7. The average Bonchev–Trinajstić information content (AvgIpc) is 3.01. The molecule has 2 heterocycles. The van der Waals surface area contributed by atoms with Crippen molar-refractivity contribution < 1.29 is 23.5 Å². The molecule has 0 fully saturated rings. The van der Waals surface area contributed by atoms with Crippen molar-refractivity contribution in [3.63, 3.8) is 0 Å². The number of ether oxygens (including phenoxy) is 2. The molecule has 3 rings (SSSR count). The molecule has 1 aromatic heterocycles. The maximum atomic E-state index is 11.3. The van der Waals surface area contributed by atoms with Crippen LogP contribution in [0.1, 0.15) is 12.0 Å². The number of benzene rings is 1. The van der Waals surface area contributed by atoms with E-state index < -0.39 is 18.0 Å². The van der Waals surface area contributed by atoms with Gasteiger partial charge in [-0.3, -0.25) is 10.1 Å². The highest BCUT2D eigenvalue weighted by Gasteiger charge is 2.27. The summed E-state index contributed by atoms with van der Waals surface area (Å²) in [5.74, 6) is 0.874. The number of rotatable bonds is 4. The third kappa shape index (κ3) is 3.72. The number of aromatic nitrogens is 2. The Kier molecular flexibility index (Phi) is 4.33. The summed E-state index contributed by atoms with van der Waals surface area (Å²) in [4.78, 5) is 21.8. The number of carbonyl (C=O) groups is 2. The molecule has 0 spiro atoms. The number of nitrogens with two attached hydrogens (primary N) is 1. The Morgan fingerprint density at radius 2 is 2.09 bits per heavy atom. The van der Waals surface area contributed by atoms with Crippen LogP contribution in [0.25, 0.3) is 0 Å². The van der Waals surface area contributed by atoms with E-state index in [0.29, 0.717) is 11.5 Å². The van der Waals surface area contributed by atoms with Crippen molar-refractivity contribution in [1.29, 1.82) is 0 Å². The standard InChI is InChI=1S/C13H12N4O5S/c14-12(19)15-10(18)6-23-13-17-16-11(22-13)9-5-20-7-3-1-2-4-8(7)21-9/h1-4,9H,5-6H2,(H3,14,15,18,19)/t9-/m0/s1. The molecule has 0 saturated carbocycles. The maximum absolute atomic E-state index is 11.3. The van der Waals surface area contributed by atoms with Crippen molar-refractivity contribution in [3.05, 3.63) is 30.2 Å². The number of amides is 3. The van der Waals surface area contributed by atoms with E-state index in [4.69, 9.17) is 19.6 Å².